The number of hydrogen-bond donors (Lipinski definition) is 2. The van der Waals surface area contributed by atoms with Crippen LogP contribution in [-0.2, 0) is 4.79 Å². The lowest BCUT2D eigenvalue weighted by atomic mass is 10.2. The minimum absolute atomic E-state index is 0.143. The number of nitrogens with zero attached hydrogens (tertiary/aromatic N) is 1. The zero-order valence-corrected chi connectivity index (χ0v) is 11.6. The van der Waals surface area contributed by atoms with Crippen molar-refractivity contribution in [3.8, 4) is 11.5 Å². The fraction of sp³-hybridized carbons (Fsp3) is 0.200. The summed E-state index contributed by atoms with van der Waals surface area (Å²) in [6, 6.07) is 9.25. The highest BCUT2D eigenvalue weighted by Crippen LogP contribution is 2.33. The molecule has 0 saturated heterocycles. The Hall–Kier alpha value is -2.76. The van der Waals surface area contributed by atoms with Gasteiger partial charge in [0.05, 0.1) is 11.9 Å². The van der Waals surface area contributed by atoms with E-state index in [1.807, 2.05) is 24.3 Å². The van der Waals surface area contributed by atoms with E-state index in [2.05, 4.69) is 15.6 Å². The van der Waals surface area contributed by atoms with Crippen molar-refractivity contribution in [1.29, 1.82) is 0 Å². The molecule has 0 bridgehead atoms. The van der Waals surface area contributed by atoms with Gasteiger partial charge in [-0.3, -0.25) is 4.79 Å². The molecule has 0 fully saturated rings. The minimum atomic E-state index is -0.143. The summed E-state index contributed by atoms with van der Waals surface area (Å²) in [5.41, 5.74) is 1.70. The second-order valence-electron chi connectivity index (χ2n) is 4.60. The molecule has 1 aromatic heterocycles. The molecule has 21 heavy (non-hydrogen) atoms. The van der Waals surface area contributed by atoms with E-state index in [1.54, 1.807) is 12.3 Å². The number of benzene rings is 1. The second-order valence-corrected chi connectivity index (χ2v) is 4.60. The molecule has 1 aliphatic heterocycles. The third-order valence-corrected chi connectivity index (χ3v) is 2.90. The first-order chi connectivity index (χ1) is 10.2. The number of pyridine rings is 1. The minimum Gasteiger partial charge on any atom is -0.486 e. The normalized spacial score (nSPS) is 12.6. The van der Waals surface area contributed by atoms with Crippen molar-refractivity contribution < 1.29 is 14.3 Å². The number of rotatable bonds is 3. The van der Waals surface area contributed by atoms with Gasteiger partial charge in [-0.15, -0.1) is 0 Å². The Morgan fingerprint density at radius 3 is 2.57 bits per heavy atom. The third kappa shape index (κ3) is 3.22. The molecule has 0 unspecified atom stereocenters. The second kappa shape index (κ2) is 5.70. The average molecular weight is 285 g/mol. The fourth-order valence-electron chi connectivity index (χ4n) is 2.01. The van der Waals surface area contributed by atoms with E-state index in [0.717, 1.165) is 22.9 Å². The highest BCUT2D eigenvalue weighted by molar-refractivity contribution is 5.87. The fourth-order valence-corrected chi connectivity index (χ4v) is 2.01. The summed E-state index contributed by atoms with van der Waals surface area (Å²) in [7, 11) is 0. The van der Waals surface area contributed by atoms with Crippen molar-refractivity contribution in [3.63, 3.8) is 0 Å². The Bertz CT molecular complexity index is 656. The molecule has 2 N–H and O–H groups in total. The Morgan fingerprint density at radius 1 is 1.10 bits per heavy atom. The predicted molar refractivity (Wildman–Crippen MR) is 79.3 cm³/mol. The van der Waals surface area contributed by atoms with Crippen LogP contribution in [-0.4, -0.2) is 24.1 Å². The molecule has 2 aromatic rings. The number of amides is 1. The van der Waals surface area contributed by atoms with Gasteiger partial charge in [0.25, 0.3) is 0 Å². The lowest BCUT2D eigenvalue weighted by Gasteiger charge is -2.19. The van der Waals surface area contributed by atoms with Gasteiger partial charge in [-0.25, -0.2) is 4.98 Å². The van der Waals surface area contributed by atoms with Crippen molar-refractivity contribution in [2.45, 2.75) is 6.92 Å². The molecular weight excluding hydrogens is 270 g/mol. The lowest BCUT2D eigenvalue weighted by molar-refractivity contribution is -0.114. The van der Waals surface area contributed by atoms with E-state index < -0.39 is 0 Å². The van der Waals surface area contributed by atoms with Gasteiger partial charge in [0.15, 0.2) is 11.5 Å². The smallest absolute Gasteiger partial charge is 0.222 e. The molecule has 108 valence electrons. The predicted octanol–water partition coefficient (Wildman–Crippen LogP) is 2.55. The van der Waals surface area contributed by atoms with Crippen LogP contribution in [0.25, 0.3) is 0 Å². The van der Waals surface area contributed by atoms with Gasteiger partial charge in [0, 0.05) is 18.7 Å². The third-order valence-electron chi connectivity index (χ3n) is 2.90. The quantitative estimate of drug-likeness (QED) is 0.906. The van der Waals surface area contributed by atoms with Gasteiger partial charge in [-0.2, -0.15) is 0 Å². The molecule has 0 radical (unpaired) electrons. The van der Waals surface area contributed by atoms with Crippen LogP contribution in [0.4, 0.5) is 17.2 Å². The zero-order valence-electron chi connectivity index (χ0n) is 11.6. The van der Waals surface area contributed by atoms with Gasteiger partial charge in [0.2, 0.25) is 5.91 Å². The number of carbonyl (C=O) groups excluding carboxylic acids is 1. The van der Waals surface area contributed by atoms with Crippen LogP contribution in [0.15, 0.2) is 36.5 Å². The van der Waals surface area contributed by atoms with Crippen molar-refractivity contribution in [2.24, 2.45) is 0 Å². The maximum atomic E-state index is 10.9. The standard InChI is InChI=1S/C15H15N3O3/c1-10(19)17-15-5-3-12(9-16-15)18-11-2-4-13-14(8-11)21-7-6-20-13/h2-5,8-9,18H,6-7H2,1H3,(H,16,17,19). The first-order valence-electron chi connectivity index (χ1n) is 6.61. The summed E-state index contributed by atoms with van der Waals surface area (Å²) in [5.74, 6) is 1.87. The Balaban J connectivity index is 1.72. The summed E-state index contributed by atoms with van der Waals surface area (Å²) in [6.45, 7) is 2.58. The van der Waals surface area contributed by atoms with Crippen LogP contribution >= 0.6 is 0 Å². The van der Waals surface area contributed by atoms with Crippen molar-refractivity contribution in [2.75, 3.05) is 23.8 Å². The van der Waals surface area contributed by atoms with Crippen LogP contribution in [0.2, 0.25) is 0 Å². The Morgan fingerprint density at radius 2 is 1.86 bits per heavy atom. The highest BCUT2D eigenvalue weighted by Gasteiger charge is 2.11. The molecule has 3 rings (SSSR count). The molecule has 0 spiro atoms. The summed E-state index contributed by atoms with van der Waals surface area (Å²) in [6.07, 6.45) is 1.65. The Kier molecular flexibility index (Phi) is 3.59. The first-order valence-corrected chi connectivity index (χ1v) is 6.61. The van der Waals surface area contributed by atoms with Crippen molar-refractivity contribution >= 4 is 23.1 Å². The summed E-state index contributed by atoms with van der Waals surface area (Å²) in [4.78, 5) is 15.1. The van der Waals surface area contributed by atoms with E-state index in [-0.39, 0.29) is 5.91 Å². The molecular formula is C15H15N3O3. The van der Waals surface area contributed by atoms with Crippen LogP contribution in [0.1, 0.15) is 6.92 Å². The monoisotopic (exact) mass is 285 g/mol. The van der Waals surface area contributed by atoms with E-state index >= 15 is 0 Å². The lowest BCUT2D eigenvalue weighted by Crippen LogP contribution is -2.15. The maximum absolute atomic E-state index is 10.9. The Labute approximate surface area is 122 Å². The van der Waals surface area contributed by atoms with Crippen LogP contribution in [0.3, 0.4) is 0 Å². The van der Waals surface area contributed by atoms with E-state index in [9.17, 15) is 4.79 Å². The van der Waals surface area contributed by atoms with Crippen LogP contribution in [0, 0.1) is 0 Å². The average Bonchev–Trinajstić information content (AvgIpc) is 2.49. The molecule has 1 aliphatic rings. The van der Waals surface area contributed by atoms with Gasteiger partial charge in [-0.1, -0.05) is 0 Å². The molecule has 1 amide bonds. The highest BCUT2D eigenvalue weighted by atomic mass is 16.6. The number of aromatic nitrogens is 1. The first kappa shape index (κ1) is 13.2. The molecule has 1 aromatic carbocycles. The van der Waals surface area contributed by atoms with Crippen molar-refractivity contribution in [1.82, 2.24) is 4.98 Å². The number of carbonyl (C=O) groups is 1. The summed E-state index contributed by atoms with van der Waals surface area (Å²) < 4.78 is 11.0. The van der Waals surface area contributed by atoms with E-state index in [4.69, 9.17) is 9.47 Å². The van der Waals surface area contributed by atoms with Gasteiger partial charge >= 0.3 is 0 Å². The topological polar surface area (TPSA) is 72.5 Å². The van der Waals surface area contributed by atoms with Crippen LogP contribution < -0.4 is 20.1 Å². The molecule has 2 heterocycles. The van der Waals surface area contributed by atoms with E-state index in [0.29, 0.717) is 19.0 Å². The number of ether oxygens (including phenoxy) is 2. The largest absolute Gasteiger partial charge is 0.486 e. The SMILES string of the molecule is CC(=O)Nc1ccc(Nc2ccc3c(c2)OCCO3)cn1. The number of fused-ring (bicyclic) bond motifs is 1. The number of anilines is 3. The molecule has 0 saturated carbocycles. The van der Waals surface area contributed by atoms with Gasteiger partial charge < -0.3 is 20.1 Å². The molecule has 0 aliphatic carbocycles. The van der Waals surface area contributed by atoms with Crippen LogP contribution in [0.5, 0.6) is 11.5 Å². The molecule has 0 atom stereocenters. The molecule has 6 nitrogen and oxygen atoms in total. The summed E-state index contributed by atoms with van der Waals surface area (Å²) >= 11 is 0. The van der Waals surface area contributed by atoms with Gasteiger partial charge in [0.1, 0.15) is 19.0 Å². The van der Waals surface area contributed by atoms with E-state index in [1.165, 1.54) is 6.92 Å². The maximum Gasteiger partial charge on any atom is 0.222 e. The van der Waals surface area contributed by atoms with Gasteiger partial charge in [-0.05, 0) is 24.3 Å². The summed E-state index contributed by atoms with van der Waals surface area (Å²) in [5, 5.41) is 5.85. The number of hydrogen-bond acceptors (Lipinski definition) is 5. The molecule has 6 heteroatoms. The van der Waals surface area contributed by atoms with Crippen molar-refractivity contribution in [3.05, 3.63) is 36.5 Å². The number of nitrogens with one attached hydrogen (secondary N) is 2. The zero-order chi connectivity index (χ0) is 14.7.